The molecular weight excluding hydrogens is 203 g/mol. The average molecular weight is 218 g/mol. The van der Waals surface area contributed by atoms with E-state index < -0.39 is 0 Å². The van der Waals surface area contributed by atoms with Gasteiger partial charge in [-0.2, -0.15) is 0 Å². The zero-order chi connectivity index (χ0) is 7.49. The first-order chi connectivity index (χ1) is 3.98. The van der Waals surface area contributed by atoms with Crippen molar-refractivity contribution in [2.75, 3.05) is 6.66 Å². The van der Waals surface area contributed by atoms with Gasteiger partial charge >= 0.3 is 0 Å². The molecule has 0 amide bonds. The molecule has 56 valence electrons. The van der Waals surface area contributed by atoms with E-state index in [-0.39, 0.29) is 0 Å². The minimum Gasteiger partial charge on any atom is -0.130 e. The van der Waals surface area contributed by atoms with Crippen LogP contribution in [0.25, 0.3) is 0 Å². The Bertz CT molecular complexity index is 79.0. The number of rotatable bonds is 3. The highest BCUT2D eigenvalue weighted by Gasteiger charge is 2.16. The largest absolute Gasteiger partial charge is 0.130 e. The van der Waals surface area contributed by atoms with Crippen molar-refractivity contribution in [3.05, 3.63) is 0 Å². The molecule has 0 aromatic heterocycles. The summed E-state index contributed by atoms with van der Waals surface area (Å²) in [6, 6.07) is 0. The molecule has 0 saturated carbocycles. The van der Waals surface area contributed by atoms with E-state index in [0.29, 0.717) is 4.38 Å². The van der Waals surface area contributed by atoms with Crippen LogP contribution in [0.15, 0.2) is 0 Å². The Morgan fingerprint density at radius 3 is 2.00 bits per heavy atom. The van der Waals surface area contributed by atoms with Crippen molar-refractivity contribution in [3.63, 3.8) is 0 Å². The summed E-state index contributed by atoms with van der Waals surface area (Å²) in [5.41, 5.74) is 0. The van der Waals surface area contributed by atoms with Crippen molar-refractivity contribution >= 4 is 44.9 Å². The standard InChI is InChI=1S/C4H15P5/c1-3(5)9-4(6,7)8-2/h3,8-9H,5-7H2,1-2H3. The summed E-state index contributed by atoms with van der Waals surface area (Å²) in [6.07, 6.45) is 0. The molecule has 0 aliphatic heterocycles. The van der Waals surface area contributed by atoms with E-state index in [1.165, 1.54) is 0 Å². The summed E-state index contributed by atoms with van der Waals surface area (Å²) in [7, 11) is 10.7. The summed E-state index contributed by atoms with van der Waals surface area (Å²) in [5.74, 6) is 0. The highest BCUT2D eigenvalue weighted by Crippen LogP contribution is 2.58. The Hall–Kier alpha value is 2.15. The lowest BCUT2D eigenvalue weighted by Crippen LogP contribution is -1.95. The van der Waals surface area contributed by atoms with Gasteiger partial charge in [0.1, 0.15) is 0 Å². The molecule has 0 spiro atoms. The van der Waals surface area contributed by atoms with E-state index in [1.54, 1.807) is 0 Å². The minimum atomic E-state index is 0.432. The number of hydrogen-bond acceptors (Lipinski definition) is 0. The van der Waals surface area contributed by atoms with Gasteiger partial charge in [-0.15, -0.1) is 36.3 Å². The van der Waals surface area contributed by atoms with E-state index in [9.17, 15) is 0 Å². The zero-order valence-electron chi connectivity index (χ0n) is 5.81. The maximum atomic E-state index is 2.91. The summed E-state index contributed by atoms with van der Waals surface area (Å²) in [4.78, 5) is 0. The lowest BCUT2D eigenvalue weighted by atomic mass is 11.0. The maximum absolute atomic E-state index is 2.91. The third-order valence-corrected chi connectivity index (χ3v) is 7.06. The Balaban J connectivity index is 3.58. The van der Waals surface area contributed by atoms with Crippen molar-refractivity contribution in [2.45, 2.75) is 16.7 Å². The van der Waals surface area contributed by atoms with Crippen LogP contribution < -0.4 is 0 Å². The molecule has 6 unspecified atom stereocenters. The molecule has 0 aromatic carbocycles. The molecule has 6 atom stereocenters. The van der Waals surface area contributed by atoms with Crippen molar-refractivity contribution < 1.29 is 0 Å². The van der Waals surface area contributed by atoms with Gasteiger partial charge in [0.05, 0.1) is 0 Å². The molecule has 5 heteroatoms. The first-order valence-electron chi connectivity index (χ1n) is 2.78. The monoisotopic (exact) mass is 218 g/mol. The van der Waals surface area contributed by atoms with Crippen LogP contribution >= 0.6 is 44.9 Å². The molecule has 9 heavy (non-hydrogen) atoms. The van der Waals surface area contributed by atoms with E-state index in [1.807, 2.05) is 0 Å². The second kappa shape index (κ2) is 4.91. The highest BCUT2D eigenvalue weighted by atomic mass is 31.2. The molecule has 0 aliphatic rings. The van der Waals surface area contributed by atoms with Gasteiger partial charge in [0, 0.05) is 4.38 Å². The van der Waals surface area contributed by atoms with Crippen molar-refractivity contribution in [3.8, 4) is 0 Å². The van der Waals surface area contributed by atoms with Crippen LogP contribution in [0.4, 0.5) is 0 Å². The minimum absolute atomic E-state index is 0.432. The van der Waals surface area contributed by atoms with Crippen molar-refractivity contribution in [1.29, 1.82) is 0 Å². The molecule has 0 aromatic rings. The third kappa shape index (κ3) is 6.54. The maximum Gasteiger partial charge on any atom is 0.0325 e. The summed E-state index contributed by atoms with van der Waals surface area (Å²) < 4.78 is 0.432. The van der Waals surface area contributed by atoms with Crippen LogP contribution in [-0.4, -0.2) is 16.4 Å². The number of hydrogen-bond donors (Lipinski definition) is 0. The lowest BCUT2D eigenvalue weighted by molar-refractivity contribution is 1.40. The summed E-state index contributed by atoms with van der Waals surface area (Å²) in [5, 5.41) is 0.757. The highest BCUT2D eigenvalue weighted by molar-refractivity contribution is 7.84. The van der Waals surface area contributed by atoms with Gasteiger partial charge in [0.25, 0.3) is 0 Å². The van der Waals surface area contributed by atoms with Gasteiger partial charge < -0.3 is 0 Å². The Kier molecular flexibility index (Phi) is 6.09. The van der Waals surface area contributed by atoms with Crippen molar-refractivity contribution in [2.24, 2.45) is 0 Å². The van der Waals surface area contributed by atoms with Crippen LogP contribution in [-0.2, 0) is 0 Å². The van der Waals surface area contributed by atoms with Gasteiger partial charge in [0.2, 0.25) is 0 Å². The Morgan fingerprint density at radius 2 is 1.89 bits per heavy atom. The van der Waals surface area contributed by atoms with E-state index >= 15 is 0 Å². The smallest absolute Gasteiger partial charge is 0.0325 e. The van der Waals surface area contributed by atoms with E-state index in [2.05, 4.69) is 41.3 Å². The van der Waals surface area contributed by atoms with E-state index in [4.69, 9.17) is 0 Å². The fourth-order valence-corrected chi connectivity index (χ4v) is 6.52. The van der Waals surface area contributed by atoms with Crippen LogP contribution in [0.3, 0.4) is 0 Å². The average Bonchev–Trinajstić information content (AvgIpc) is 1.63. The predicted octanol–water partition coefficient (Wildman–Crippen LogP) is 2.56. The Morgan fingerprint density at radius 1 is 1.44 bits per heavy atom. The molecule has 0 saturated heterocycles. The summed E-state index contributed by atoms with van der Waals surface area (Å²) in [6.45, 7) is 4.49. The van der Waals surface area contributed by atoms with Gasteiger partial charge in [-0.1, -0.05) is 15.5 Å². The first kappa shape index (κ1) is 11.2. The molecule has 0 fully saturated rings. The molecule has 0 radical (unpaired) electrons. The normalized spacial score (nSPS) is 18.3. The second-order valence-corrected chi connectivity index (χ2v) is 12.4. The Labute approximate surface area is 68.7 Å². The molecule has 0 aliphatic carbocycles. The first-order valence-corrected chi connectivity index (χ1v) is 7.18. The topological polar surface area (TPSA) is 0 Å². The third-order valence-electron chi connectivity index (χ3n) is 0.880. The second-order valence-electron chi connectivity index (χ2n) is 2.05. The van der Waals surface area contributed by atoms with Gasteiger partial charge in [-0.25, -0.2) is 0 Å². The van der Waals surface area contributed by atoms with Gasteiger partial charge in [0.15, 0.2) is 0 Å². The van der Waals surface area contributed by atoms with Crippen LogP contribution in [0.2, 0.25) is 0 Å². The molecule has 0 heterocycles. The molecule has 0 nitrogen and oxygen atoms in total. The van der Waals surface area contributed by atoms with Crippen LogP contribution in [0, 0.1) is 0 Å². The van der Waals surface area contributed by atoms with Crippen molar-refractivity contribution in [1.82, 2.24) is 0 Å². The molecule has 0 N–H and O–H groups in total. The van der Waals surface area contributed by atoms with Gasteiger partial charge in [-0.3, -0.25) is 0 Å². The SMILES string of the molecule is CPC(P)(P)PC(C)P. The fraction of sp³-hybridized carbons (Fsp3) is 1.00. The predicted molar refractivity (Wildman–Crippen MR) is 63.9 cm³/mol. The fourth-order valence-electron chi connectivity index (χ4n) is 0.449. The quantitative estimate of drug-likeness (QED) is 0.638. The van der Waals surface area contributed by atoms with E-state index in [0.717, 1.165) is 22.6 Å². The zero-order valence-corrected chi connectivity index (χ0v) is 11.3. The van der Waals surface area contributed by atoms with Crippen LogP contribution in [0.1, 0.15) is 6.92 Å². The molecule has 0 bridgehead atoms. The lowest BCUT2D eigenvalue weighted by Gasteiger charge is -2.24. The van der Waals surface area contributed by atoms with Gasteiger partial charge in [-0.05, 0) is 12.1 Å². The molecule has 0 rings (SSSR count). The summed E-state index contributed by atoms with van der Waals surface area (Å²) >= 11 is 0. The van der Waals surface area contributed by atoms with Crippen LogP contribution in [0.5, 0.6) is 0 Å². The molecular formula is C4H15P5.